The second-order valence-electron chi connectivity index (χ2n) is 5.81. The number of nitrogens with one attached hydrogen (secondary N) is 1. The van der Waals surface area contributed by atoms with Crippen molar-refractivity contribution >= 4 is 10.0 Å². The van der Waals surface area contributed by atoms with Crippen LogP contribution in [0.2, 0.25) is 0 Å². The molecule has 0 fully saturated rings. The summed E-state index contributed by atoms with van der Waals surface area (Å²) in [6.45, 7) is 5.61. The first-order chi connectivity index (χ1) is 10.7. The van der Waals surface area contributed by atoms with Gasteiger partial charge in [0.2, 0.25) is 10.0 Å². The summed E-state index contributed by atoms with van der Waals surface area (Å²) >= 11 is 0. The van der Waals surface area contributed by atoms with Gasteiger partial charge in [0, 0.05) is 17.3 Å². The lowest BCUT2D eigenvalue weighted by Gasteiger charge is -2.32. The lowest BCUT2D eigenvalue weighted by molar-refractivity contribution is 0.402. The molecule has 6 heteroatoms. The quantitative estimate of drug-likeness (QED) is 0.912. The van der Waals surface area contributed by atoms with E-state index in [0.717, 1.165) is 22.9 Å². The minimum Gasteiger partial charge on any atom is -0.496 e. The topological polar surface area (TPSA) is 68.3 Å². The summed E-state index contributed by atoms with van der Waals surface area (Å²) in [5.41, 5.74) is 2.17. The largest absolute Gasteiger partial charge is 0.496 e. The summed E-state index contributed by atoms with van der Waals surface area (Å²) in [5, 5.41) is 0. The molecule has 0 amide bonds. The summed E-state index contributed by atoms with van der Waals surface area (Å²) in [7, 11) is -1.86. The first kappa shape index (κ1) is 17.4. The Morgan fingerprint density at radius 1 is 1.17 bits per heavy atom. The van der Waals surface area contributed by atoms with Crippen LogP contribution in [0.5, 0.6) is 5.75 Å². The monoisotopic (exact) mass is 334 g/mol. The summed E-state index contributed by atoms with van der Waals surface area (Å²) in [5.74, 6) is 0.715. The van der Waals surface area contributed by atoms with E-state index >= 15 is 0 Å². The highest BCUT2D eigenvalue weighted by molar-refractivity contribution is 7.88. The van der Waals surface area contributed by atoms with Gasteiger partial charge in [-0.05, 0) is 26.3 Å². The van der Waals surface area contributed by atoms with Gasteiger partial charge in [-0.1, -0.05) is 30.3 Å². The first-order valence-electron chi connectivity index (χ1n) is 7.24. The molecule has 0 radical (unpaired) electrons. The van der Waals surface area contributed by atoms with E-state index in [2.05, 4.69) is 9.71 Å². The number of hydrogen-bond acceptors (Lipinski definition) is 4. The number of rotatable bonds is 5. The van der Waals surface area contributed by atoms with E-state index in [0.29, 0.717) is 11.4 Å². The number of methoxy groups -OCH3 is 1. The standard InChI is InChI=1S/C17H22N2O3S/c1-12-11-18-16(13(2)15(12)22-4)17(3,19-23(5,20)21)14-9-7-6-8-10-14/h6-11,19H,1-5H3/t17-/m0/s1. The van der Waals surface area contributed by atoms with Crippen molar-refractivity contribution < 1.29 is 13.2 Å². The molecule has 5 nitrogen and oxygen atoms in total. The SMILES string of the molecule is COc1c(C)cnc([C@@](C)(NS(C)(=O)=O)c2ccccc2)c1C. The Balaban J connectivity index is 2.74. The Labute approximate surface area is 137 Å². The van der Waals surface area contributed by atoms with E-state index < -0.39 is 15.6 Å². The summed E-state index contributed by atoms with van der Waals surface area (Å²) < 4.78 is 32.1. The van der Waals surface area contributed by atoms with Crippen LogP contribution in [0.15, 0.2) is 36.5 Å². The number of sulfonamides is 1. The van der Waals surface area contributed by atoms with Crippen molar-refractivity contribution in [3.63, 3.8) is 0 Å². The van der Waals surface area contributed by atoms with Crippen molar-refractivity contribution in [2.75, 3.05) is 13.4 Å². The van der Waals surface area contributed by atoms with E-state index in [9.17, 15) is 8.42 Å². The molecule has 124 valence electrons. The van der Waals surface area contributed by atoms with Crippen LogP contribution in [0.25, 0.3) is 0 Å². The highest BCUT2D eigenvalue weighted by Crippen LogP contribution is 2.35. The second kappa shape index (κ2) is 6.29. The zero-order chi connectivity index (χ0) is 17.3. The van der Waals surface area contributed by atoms with Gasteiger partial charge in [-0.25, -0.2) is 8.42 Å². The van der Waals surface area contributed by atoms with Crippen molar-refractivity contribution in [3.05, 3.63) is 58.9 Å². The number of aryl methyl sites for hydroxylation is 1. The lowest BCUT2D eigenvalue weighted by Crippen LogP contribution is -2.45. The molecule has 0 aliphatic heterocycles. The average Bonchev–Trinajstić information content (AvgIpc) is 2.46. The molecule has 0 bridgehead atoms. The third-order valence-corrected chi connectivity index (χ3v) is 4.64. The smallest absolute Gasteiger partial charge is 0.209 e. The lowest BCUT2D eigenvalue weighted by atomic mass is 9.86. The van der Waals surface area contributed by atoms with E-state index in [1.165, 1.54) is 0 Å². The fourth-order valence-electron chi connectivity index (χ4n) is 2.92. The fourth-order valence-corrected chi connectivity index (χ4v) is 3.88. The van der Waals surface area contributed by atoms with Crippen LogP contribution in [0.3, 0.4) is 0 Å². The second-order valence-corrected chi connectivity index (χ2v) is 7.56. The molecule has 1 atom stereocenters. The van der Waals surface area contributed by atoms with Crippen molar-refractivity contribution in [2.45, 2.75) is 26.3 Å². The van der Waals surface area contributed by atoms with Crippen LogP contribution in [0.4, 0.5) is 0 Å². The fraction of sp³-hybridized carbons (Fsp3) is 0.353. The third-order valence-electron chi connectivity index (χ3n) is 3.86. The van der Waals surface area contributed by atoms with Crippen LogP contribution in [-0.2, 0) is 15.6 Å². The molecule has 0 saturated heterocycles. The number of nitrogens with zero attached hydrogens (tertiary/aromatic N) is 1. The van der Waals surface area contributed by atoms with Crippen molar-refractivity contribution in [3.8, 4) is 5.75 Å². The summed E-state index contributed by atoms with van der Waals surface area (Å²) in [4.78, 5) is 4.51. The van der Waals surface area contributed by atoms with Crippen LogP contribution in [0, 0.1) is 13.8 Å². The van der Waals surface area contributed by atoms with Gasteiger partial charge in [-0.15, -0.1) is 0 Å². The van der Waals surface area contributed by atoms with Gasteiger partial charge in [0.05, 0.1) is 24.6 Å². The molecule has 1 N–H and O–H groups in total. The van der Waals surface area contributed by atoms with Crippen LogP contribution in [-0.4, -0.2) is 26.8 Å². The van der Waals surface area contributed by atoms with Gasteiger partial charge in [-0.3, -0.25) is 4.98 Å². The third kappa shape index (κ3) is 3.54. The Hall–Kier alpha value is -1.92. The van der Waals surface area contributed by atoms with Crippen molar-refractivity contribution in [2.24, 2.45) is 0 Å². The summed E-state index contributed by atoms with van der Waals surface area (Å²) in [6, 6.07) is 9.40. The highest BCUT2D eigenvalue weighted by Gasteiger charge is 2.35. The molecule has 1 heterocycles. The van der Waals surface area contributed by atoms with E-state index in [1.807, 2.05) is 51.1 Å². The van der Waals surface area contributed by atoms with Crippen LogP contribution in [0.1, 0.15) is 29.3 Å². The molecule has 1 aromatic carbocycles. The zero-order valence-corrected chi connectivity index (χ0v) is 14.9. The van der Waals surface area contributed by atoms with Crippen LogP contribution >= 0.6 is 0 Å². The molecule has 0 spiro atoms. The molecule has 23 heavy (non-hydrogen) atoms. The van der Waals surface area contributed by atoms with Gasteiger partial charge in [0.15, 0.2) is 0 Å². The van der Waals surface area contributed by atoms with Gasteiger partial charge in [0.1, 0.15) is 5.75 Å². The average molecular weight is 334 g/mol. The first-order valence-corrected chi connectivity index (χ1v) is 9.13. The number of aromatic nitrogens is 1. The minimum atomic E-state index is -3.46. The van der Waals surface area contributed by atoms with E-state index in [1.54, 1.807) is 13.3 Å². The number of hydrogen-bond donors (Lipinski definition) is 1. The van der Waals surface area contributed by atoms with E-state index in [4.69, 9.17) is 4.74 Å². The van der Waals surface area contributed by atoms with Crippen molar-refractivity contribution in [1.29, 1.82) is 0 Å². The van der Waals surface area contributed by atoms with Crippen LogP contribution < -0.4 is 9.46 Å². The highest BCUT2D eigenvalue weighted by atomic mass is 32.2. The molecular formula is C17H22N2O3S. The van der Waals surface area contributed by atoms with Gasteiger partial charge in [0.25, 0.3) is 0 Å². The van der Waals surface area contributed by atoms with Gasteiger partial charge >= 0.3 is 0 Å². The number of pyridine rings is 1. The molecule has 1 aromatic heterocycles. The molecular weight excluding hydrogens is 312 g/mol. The van der Waals surface area contributed by atoms with Gasteiger partial charge in [-0.2, -0.15) is 4.72 Å². The van der Waals surface area contributed by atoms with Crippen molar-refractivity contribution in [1.82, 2.24) is 9.71 Å². The maximum absolute atomic E-state index is 12.0. The number of benzene rings is 1. The summed E-state index contributed by atoms with van der Waals surface area (Å²) in [6.07, 6.45) is 2.85. The molecule has 0 saturated carbocycles. The molecule has 0 aliphatic rings. The Bertz CT molecular complexity index is 804. The maximum Gasteiger partial charge on any atom is 0.209 e. The van der Waals surface area contributed by atoms with Gasteiger partial charge < -0.3 is 4.74 Å². The number of ether oxygens (including phenoxy) is 1. The maximum atomic E-state index is 12.0. The predicted octanol–water partition coefficient (Wildman–Crippen LogP) is 2.52. The molecule has 0 unspecified atom stereocenters. The Kier molecular flexibility index (Phi) is 4.77. The Morgan fingerprint density at radius 2 is 1.78 bits per heavy atom. The molecule has 0 aliphatic carbocycles. The normalized spacial score (nSPS) is 14.3. The predicted molar refractivity (Wildman–Crippen MR) is 91.1 cm³/mol. The zero-order valence-electron chi connectivity index (χ0n) is 14.0. The molecule has 2 aromatic rings. The Morgan fingerprint density at radius 3 is 2.30 bits per heavy atom. The van der Waals surface area contributed by atoms with E-state index in [-0.39, 0.29) is 0 Å². The molecule has 2 rings (SSSR count). The minimum absolute atomic E-state index is 0.622.